The van der Waals surface area contributed by atoms with E-state index in [4.69, 9.17) is 0 Å². The molecule has 17 heavy (non-hydrogen) atoms. The zero-order valence-corrected chi connectivity index (χ0v) is 12.9. The van der Waals surface area contributed by atoms with Crippen molar-refractivity contribution in [1.29, 1.82) is 0 Å². The van der Waals surface area contributed by atoms with Crippen molar-refractivity contribution in [1.82, 2.24) is 4.31 Å². The van der Waals surface area contributed by atoms with E-state index in [1.54, 1.807) is 25.1 Å². The lowest BCUT2D eigenvalue weighted by atomic mass is 9.76. The second kappa shape index (κ2) is 4.54. The second-order valence-electron chi connectivity index (χ2n) is 7.16. The summed E-state index contributed by atoms with van der Waals surface area (Å²) in [5.41, 5.74) is 0.289. The van der Waals surface area contributed by atoms with E-state index in [2.05, 4.69) is 20.8 Å². The molecule has 0 N–H and O–H groups in total. The summed E-state index contributed by atoms with van der Waals surface area (Å²) in [5, 5.41) is 0. The molecule has 0 saturated carbocycles. The van der Waals surface area contributed by atoms with Crippen LogP contribution < -0.4 is 0 Å². The molecule has 1 heterocycles. The van der Waals surface area contributed by atoms with Crippen molar-refractivity contribution in [2.75, 3.05) is 13.1 Å². The Kier molecular flexibility index (Phi) is 4.00. The Morgan fingerprint density at radius 3 is 1.65 bits per heavy atom. The Morgan fingerprint density at radius 2 is 1.35 bits per heavy atom. The van der Waals surface area contributed by atoms with Gasteiger partial charge in [-0.3, -0.25) is 0 Å². The van der Waals surface area contributed by atoms with Crippen molar-refractivity contribution in [3.8, 4) is 0 Å². The molecule has 0 amide bonds. The van der Waals surface area contributed by atoms with Crippen LogP contribution in [0.15, 0.2) is 0 Å². The summed E-state index contributed by atoms with van der Waals surface area (Å²) in [5.74, 6) is 0.633. The Labute approximate surface area is 107 Å². The number of rotatable bonds is 1. The number of sulfonamides is 1. The van der Waals surface area contributed by atoms with Gasteiger partial charge >= 0.3 is 0 Å². The molecule has 0 spiro atoms. The largest absolute Gasteiger partial charge is 0.219 e. The van der Waals surface area contributed by atoms with Gasteiger partial charge in [-0.25, -0.2) is 12.7 Å². The smallest absolute Gasteiger partial charge is 0.212 e. The summed E-state index contributed by atoms with van der Waals surface area (Å²) < 4.78 is 25.6. The van der Waals surface area contributed by atoms with Crippen LogP contribution in [0.2, 0.25) is 0 Å². The number of piperidine rings is 1. The highest BCUT2D eigenvalue weighted by molar-refractivity contribution is 7.90. The monoisotopic (exact) mass is 261 g/mol. The lowest BCUT2D eigenvalue weighted by molar-refractivity contribution is 0.153. The molecule has 0 radical (unpaired) electrons. The first-order valence-corrected chi connectivity index (χ1v) is 7.90. The molecule has 4 heteroatoms. The van der Waals surface area contributed by atoms with Gasteiger partial charge in [0, 0.05) is 13.1 Å². The van der Waals surface area contributed by atoms with Gasteiger partial charge < -0.3 is 0 Å². The van der Waals surface area contributed by atoms with Crippen molar-refractivity contribution in [3.63, 3.8) is 0 Å². The van der Waals surface area contributed by atoms with Gasteiger partial charge in [0.15, 0.2) is 0 Å². The maximum Gasteiger partial charge on any atom is 0.219 e. The van der Waals surface area contributed by atoms with Crippen molar-refractivity contribution < 1.29 is 8.42 Å². The molecule has 1 rings (SSSR count). The fourth-order valence-electron chi connectivity index (χ4n) is 2.35. The standard InChI is InChI=1S/C13H27NO2S/c1-12(2,3)11-7-9-14(10-8-11)17(15,16)13(4,5)6/h11H,7-10H2,1-6H3. The highest BCUT2D eigenvalue weighted by atomic mass is 32.2. The Bertz CT molecular complexity index is 352. The highest BCUT2D eigenvalue weighted by Crippen LogP contribution is 2.36. The number of hydrogen-bond acceptors (Lipinski definition) is 2. The lowest BCUT2D eigenvalue weighted by Crippen LogP contribution is -2.47. The van der Waals surface area contributed by atoms with Crippen molar-refractivity contribution >= 4 is 10.0 Å². The average molecular weight is 261 g/mol. The molecule has 3 nitrogen and oxygen atoms in total. The van der Waals surface area contributed by atoms with Crippen LogP contribution in [0.4, 0.5) is 0 Å². The summed E-state index contributed by atoms with van der Waals surface area (Å²) in [6, 6.07) is 0. The maximum absolute atomic E-state index is 12.3. The zero-order valence-electron chi connectivity index (χ0n) is 12.1. The lowest BCUT2D eigenvalue weighted by Gasteiger charge is -2.40. The van der Waals surface area contributed by atoms with Gasteiger partial charge in [-0.1, -0.05) is 20.8 Å². The molecule has 1 saturated heterocycles. The van der Waals surface area contributed by atoms with E-state index >= 15 is 0 Å². The van der Waals surface area contributed by atoms with E-state index < -0.39 is 14.8 Å². The van der Waals surface area contributed by atoms with Crippen LogP contribution in [0.25, 0.3) is 0 Å². The fraction of sp³-hybridized carbons (Fsp3) is 1.00. The molecule has 0 aromatic heterocycles. The molecule has 0 bridgehead atoms. The molecule has 102 valence electrons. The minimum atomic E-state index is -3.14. The quantitative estimate of drug-likeness (QED) is 0.728. The molecule has 1 fully saturated rings. The summed E-state index contributed by atoms with van der Waals surface area (Å²) in [6.07, 6.45) is 1.97. The molecular formula is C13H27NO2S. The van der Waals surface area contributed by atoms with E-state index in [1.807, 2.05) is 0 Å². The molecule has 1 aliphatic rings. The number of nitrogens with zero attached hydrogens (tertiary/aromatic N) is 1. The fourth-order valence-corrected chi connectivity index (χ4v) is 3.82. The Morgan fingerprint density at radius 1 is 0.941 bits per heavy atom. The molecule has 0 aliphatic carbocycles. The molecular weight excluding hydrogens is 234 g/mol. The van der Waals surface area contributed by atoms with Gasteiger partial charge in [0.2, 0.25) is 10.0 Å². The summed E-state index contributed by atoms with van der Waals surface area (Å²) in [6.45, 7) is 13.4. The zero-order chi connectivity index (χ0) is 13.5. The van der Waals surface area contributed by atoms with E-state index in [9.17, 15) is 8.42 Å². The third-order valence-electron chi connectivity index (χ3n) is 3.79. The normalized spacial score (nSPS) is 21.8. The predicted molar refractivity (Wildman–Crippen MR) is 72.4 cm³/mol. The topological polar surface area (TPSA) is 37.4 Å². The summed E-state index contributed by atoms with van der Waals surface area (Å²) in [4.78, 5) is 0. The first-order chi connectivity index (χ1) is 7.46. The van der Waals surface area contributed by atoms with Gasteiger partial charge in [0.1, 0.15) is 0 Å². The van der Waals surface area contributed by atoms with E-state index in [1.165, 1.54) is 0 Å². The average Bonchev–Trinajstić information content (AvgIpc) is 2.15. The molecule has 0 unspecified atom stereocenters. The van der Waals surface area contributed by atoms with Crippen LogP contribution in [-0.2, 0) is 10.0 Å². The number of hydrogen-bond donors (Lipinski definition) is 0. The third-order valence-corrected chi connectivity index (χ3v) is 6.39. The first kappa shape index (κ1) is 15.0. The molecule has 0 atom stereocenters. The predicted octanol–water partition coefficient (Wildman–Crippen LogP) is 2.87. The third kappa shape index (κ3) is 3.22. The summed E-state index contributed by atoms with van der Waals surface area (Å²) >= 11 is 0. The second-order valence-corrected chi connectivity index (χ2v) is 9.85. The van der Waals surface area contributed by atoms with Crippen LogP contribution in [-0.4, -0.2) is 30.6 Å². The van der Waals surface area contributed by atoms with Crippen LogP contribution in [0, 0.1) is 11.3 Å². The van der Waals surface area contributed by atoms with Gasteiger partial charge in [0.25, 0.3) is 0 Å². The van der Waals surface area contributed by atoms with Crippen molar-refractivity contribution in [2.24, 2.45) is 11.3 Å². The molecule has 0 aromatic carbocycles. The van der Waals surface area contributed by atoms with Gasteiger partial charge in [-0.15, -0.1) is 0 Å². The van der Waals surface area contributed by atoms with E-state index in [-0.39, 0.29) is 5.41 Å². The van der Waals surface area contributed by atoms with Crippen molar-refractivity contribution in [2.45, 2.75) is 59.1 Å². The SMILES string of the molecule is CC(C)(C)C1CCN(S(=O)(=O)C(C)(C)C)CC1. The van der Waals surface area contributed by atoms with Crippen LogP contribution in [0.1, 0.15) is 54.4 Å². The Hall–Kier alpha value is -0.0900. The molecule has 1 aliphatic heterocycles. The van der Waals surface area contributed by atoms with Crippen LogP contribution in [0.3, 0.4) is 0 Å². The van der Waals surface area contributed by atoms with Gasteiger partial charge in [-0.05, 0) is 44.9 Å². The highest BCUT2D eigenvalue weighted by Gasteiger charge is 2.38. The minimum Gasteiger partial charge on any atom is -0.212 e. The van der Waals surface area contributed by atoms with Gasteiger partial charge in [0.05, 0.1) is 4.75 Å². The summed E-state index contributed by atoms with van der Waals surface area (Å²) in [7, 11) is -3.14. The van der Waals surface area contributed by atoms with Crippen LogP contribution >= 0.6 is 0 Å². The Balaban J connectivity index is 2.72. The van der Waals surface area contributed by atoms with E-state index in [0.717, 1.165) is 12.8 Å². The van der Waals surface area contributed by atoms with Crippen LogP contribution in [0.5, 0.6) is 0 Å². The minimum absolute atomic E-state index is 0.289. The first-order valence-electron chi connectivity index (χ1n) is 6.46. The van der Waals surface area contributed by atoms with Crippen molar-refractivity contribution in [3.05, 3.63) is 0 Å². The van der Waals surface area contributed by atoms with Gasteiger partial charge in [-0.2, -0.15) is 0 Å². The molecule has 0 aromatic rings. The maximum atomic E-state index is 12.3. The van der Waals surface area contributed by atoms with E-state index in [0.29, 0.717) is 19.0 Å².